The molecule has 0 radical (unpaired) electrons. The van der Waals surface area contributed by atoms with Gasteiger partial charge in [-0.05, 0) is 29.8 Å². The van der Waals surface area contributed by atoms with Gasteiger partial charge in [0.1, 0.15) is 5.69 Å². The van der Waals surface area contributed by atoms with Gasteiger partial charge in [-0.15, -0.1) is 0 Å². The van der Waals surface area contributed by atoms with Crippen LogP contribution in [-0.4, -0.2) is 24.4 Å². The number of aryl methyl sites for hydroxylation is 1. The van der Waals surface area contributed by atoms with Gasteiger partial charge in [-0.3, -0.25) is 4.79 Å². The molecule has 2 aromatic carbocycles. The summed E-state index contributed by atoms with van der Waals surface area (Å²) in [5.74, 6) is 0.777. The molecule has 0 unspecified atom stereocenters. The smallest absolute Gasteiger partial charge is 0.355 e. The van der Waals surface area contributed by atoms with Crippen LogP contribution in [0.2, 0.25) is 0 Å². The second-order valence-electron chi connectivity index (χ2n) is 6.09. The topological polar surface area (TPSA) is 66.8 Å². The maximum Gasteiger partial charge on any atom is 0.355 e. The minimum atomic E-state index is -0.536. The van der Waals surface area contributed by atoms with E-state index < -0.39 is 5.97 Å². The maximum absolute atomic E-state index is 13.1. The quantitative estimate of drug-likeness (QED) is 0.679. The van der Waals surface area contributed by atoms with E-state index in [4.69, 9.17) is 14.2 Å². The summed E-state index contributed by atoms with van der Waals surface area (Å²) in [6.45, 7) is 0.184. The molecule has 0 amide bonds. The molecule has 0 atom stereocenters. The lowest BCUT2D eigenvalue weighted by atomic mass is 9.99. The standard InChI is InChI=1S/C20H17NO5/c1-21-15-6-4-3-5-13(15)19(22)14(18(21)20(23)24-2)9-12-7-8-16-17(10-12)26-11-25-16/h3-8,10H,9,11H2,1-2H3. The van der Waals surface area contributed by atoms with E-state index in [1.807, 2.05) is 30.3 Å². The SMILES string of the molecule is COC(=O)c1c(Cc2ccc3c(c2)OCO3)c(=O)c2ccccc2n1C. The normalized spacial score (nSPS) is 12.4. The summed E-state index contributed by atoms with van der Waals surface area (Å²) >= 11 is 0. The fraction of sp³-hybridized carbons (Fsp3) is 0.200. The van der Waals surface area contributed by atoms with Crippen LogP contribution in [0.25, 0.3) is 10.9 Å². The van der Waals surface area contributed by atoms with Crippen LogP contribution in [0, 0.1) is 0 Å². The van der Waals surface area contributed by atoms with Crippen LogP contribution in [0.15, 0.2) is 47.3 Å². The van der Waals surface area contributed by atoms with Gasteiger partial charge < -0.3 is 18.8 Å². The number of pyridine rings is 1. The number of benzene rings is 2. The van der Waals surface area contributed by atoms with Crippen LogP contribution < -0.4 is 14.9 Å². The van der Waals surface area contributed by atoms with Crippen molar-refractivity contribution in [2.75, 3.05) is 13.9 Å². The van der Waals surface area contributed by atoms with Gasteiger partial charge in [-0.1, -0.05) is 18.2 Å². The molecule has 0 bridgehead atoms. The number of hydrogen-bond acceptors (Lipinski definition) is 5. The zero-order chi connectivity index (χ0) is 18.3. The number of ether oxygens (including phenoxy) is 3. The highest BCUT2D eigenvalue weighted by atomic mass is 16.7. The van der Waals surface area contributed by atoms with Crippen molar-refractivity contribution in [1.82, 2.24) is 4.57 Å². The Morgan fingerprint density at radius 3 is 2.73 bits per heavy atom. The first-order valence-electron chi connectivity index (χ1n) is 8.17. The van der Waals surface area contributed by atoms with Crippen molar-refractivity contribution >= 4 is 16.9 Å². The van der Waals surface area contributed by atoms with E-state index >= 15 is 0 Å². The second kappa shape index (κ2) is 6.22. The summed E-state index contributed by atoms with van der Waals surface area (Å²) in [6, 6.07) is 12.7. The Bertz CT molecular complexity index is 1080. The molecule has 26 heavy (non-hydrogen) atoms. The Hall–Kier alpha value is -3.28. The molecular formula is C20H17NO5. The molecule has 6 nitrogen and oxygen atoms in total. The number of carbonyl (C=O) groups excluding carboxylic acids is 1. The summed E-state index contributed by atoms with van der Waals surface area (Å²) in [5.41, 5.74) is 2.03. The molecule has 132 valence electrons. The minimum Gasteiger partial charge on any atom is -0.464 e. The number of hydrogen-bond donors (Lipinski definition) is 0. The molecule has 0 spiro atoms. The van der Waals surface area contributed by atoms with Gasteiger partial charge in [0.25, 0.3) is 0 Å². The number of aromatic nitrogens is 1. The first-order chi connectivity index (χ1) is 12.6. The van der Waals surface area contributed by atoms with Crippen molar-refractivity contribution in [3.63, 3.8) is 0 Å². The van der Waals surface area contributed by atoms with Gasteiger partial charge in [0.15, 0.2) is 16.9 Å². The third kappa shape index (κ3) is 2.50. The Morgan fingerprint density at radius 2 is 1.92 bits per heavy atom. The van der Waals surface area contributed by atoms with Gasteiger partial charge in [0, 0.05) is 24.4 Å². The highest BCUT2D eigenvalue weighted by Gasteiger charge is 2.22. The van der Waals surface area contributed by atoms with Gasteiger partial charge in [-0.25, -0.2) is 4.79 Å². The third-order valence-corrected chi connectivity index (χ3v) is 4.60. The number of methoxy groups -OCH3 is 1. The fourth-order valence-corrected chi connectivity index (χ4v) is 3.33. The minimum absolute atomic E-state index is 0.170. The van der Waals surface area contributed by atoms with Crippen molar-refractivity contribution in [2.24, 2.45) is 7.05 Å². The average molecular weight is 351 g/mol. The molecule has 4 rings (SSSR count). The van der Waals surface area contributed by atoms with Gasteiger partial charge in [-0.2, -0.15) is 0 Å². The highest BCUT2D eigenvalue weighted by Crippen LogP contribution is 2.33. The molecule has 6 heteroatoms. The van der Waals surface area contributed by atoms with Crippen LogP contribution in [0.5, 0.6) is 11.5 Å². The largest absolute Gasteiger partial charge is 0.464 e. The lowest BCUT2D eigenvalue weighted by molar-refractivity contribution is 0.0588. The van der Waals surface area contributed by atoms with Crippen molar-refractivity contribution < 1.29 is 19.0 Å². The van der Waals surface area contributed by atoms with E-state index in [9.17, 15) is 9.59 Å². The molecule has 0 N–H and O–H groups in total. The zero-order valence-electron chi connectivity index (χ0n) is 14.4. The van der Waals surface area contributed by atoms with Crippen LogP contribution in [0.1, 0.15) is 21.6 Å². The first kappa shape index (κ1) is 16.2. The van der Waals surface area contributed by atoms with Gasteiger partial charge in [0.2, 0.25) is 6.79 Å². The Labute approximate surface area is 149 Å². The number of para-hydroxylation sites is 1. The summed E-state index contributed by atoms with van der Waals surface area (Å²) < 4.78 is 17.4. The molecule has 0 saturated carbocycles. The molecule has 0 saturated heterocycles. The van der Waals surface area contributed by atoms with Crippen LogP contribution in [0.4, 0.5) is 0 Å². The van der Waals surface area contributed by atoms with Crippen LogP contribution in [-0.2, 0) is 18.2 Å². The summed E-state index contributed by atoms with van der Waals surface area (Å²) in [5, 5.41) is 0.568. The molecule has 3 aromatic rings. The molecular weight excluding hydrogens is 334 g/mol. The van der Waals surface area contributed by atoms with E-state index in [1.54, 1.807) is 23.7 Å². The molecule has 1 aliphatic heterocycles. The van der Waals surface area contributed by atoms with E-state index in [0.29, 0.717) is 34.4 Å². The Morgan fingerprint density at radius 1 is 1.15 bits per heavy atom. The predicted molar refractivity (Wildman–Crippen MR) is 95.9 cm³/mol. The zero-order valence-corrected chi connectivity index (χ0v) is 14.4. The Kier molecular flexibility index (Phi) is 3.88. The van der Waals surface area contributed by atoms with E-state index in [1.165, 1.54) is 7.11 Å². The third-order valence-electron chi connectivity index (χ3n) is 4.60. The number of carbonyl (C=O) groups is 1. The summed E-state index contributed by atoms with van der Waals surface area (Å²) in [4.78, 5) is 25.5. The van der Waals surface area contributed by atoms with Crippen molar-refractivity contribution in [3.8, 4) is 11.5 Å². The van der Waals surface area contributed by atoms with Crippen molar-refractivity contribution in [3.05, 3.63) is 69.5 Å². The molecule has 2 heterocycles. The number of rotatable bonds is 3. The van der Waals surface area contributed by atoms with Crippen molar-refractivity contribution in [1.29, 1.82) is 0 Å². The average Bonchev–Trinajstić information content (AvgIpc) is 3.13. The van der Waals surface area contributed by atoms with Gasteiger partial charge in [0.05, 0.1) is 12.6 Å². The summed E-state index contributed by atoms with van der Waals surface area (Å²) in [7, 11) is 3.07. The lowest BCUT2D eigenvalue weighted by Crippen LogP contribution is -2.23. The Balaban J connectivity index is 1.92. The predicted octanol–water partition coefficient (Wildman–Crippen LogP) is 2.64. The van der Waals surface area contributed by atoms with Crippen molar-refractivity contribution in [2.45, 2.75) is 6.42 Å². The molecule has 1 aromatic heterocycles. The number of esters is 1. The second-order valence-corrected chi connectivity index (χ2v) is 6.09. The van der Waals surface area contributed by atoms with E-state index in [2.05, 4.69) is 0 Å². The lowest BCUT2D eigenvalue weighted by Gasteiger charge is -2.15. The first-order valence-corrected chi connectivity index (χ1v) is 8.17. The highest BCUT2D eigenvalue weighted by molar-refractivity contribution is 5.93. The molecule has 0 aliphatic carbocycles. The van der Waals surface area contributed by atoms with E-state index in [-0.39, 0.29) is 17.9 Å². The number of nitrogens with zero attached hydrogens (tertiary/aromatic N) is 1. The van der Waals surface area contributed by atoms with Crippen LogP contribution >= 0.6 is 0 Å². The van der Waals surface area contributed by atoms with Crippen LogP contribution in [0.3, 0.4) is 0 Å². The molecule has 1 aliphatic rings. The van der Waals surface area contributed by atoms with Gasteiger partial charge >= 0.3 is 5.97 Å². The number of fused-ring (bicyclic) bond motifs is 2. The monoisotopic (exact) mass is 351 g/mol. The van der Waals surface area contributed by atoms with E-state index in [0.717, 1.165) is 5.56 Å². The fourth-order valence-electron chi connectivity index (χ4n) is 3.33. The summed E-state index contributed by atoms with van der Waals surface area (Å²) in [6.07, 6.45) is 0.290. The molecule has 0 fully saturated rings. The maximum atomic E-state index is 13.1.